The molecule has 186 valence electrons. The molecule has 0 radical (unpaired) electrons. The van der Waals surface area contributed by atoms with Crippen molar-refractivity contribution in [1.29, 1.82) is 0 Å². The standard InChI is InChI=1S/C28H25ClFNO5/c29-24-14-23-22(28(33)34)10-11-35-25(23)15-26(24)36-21-8-5-16(6-9-21)27(32)31-20-7-4-18(13-20)17-2-1-3-19(30)12-17/h1-3,5-6,8-9,12,14-15,18,20,22H,4,7,10-11,13H2,(H,31,32)(H,33,34). The van der Waals surface area contributed by atoms with Gasteiger partial charge in [0.15, 0.2) is 0 Å². The van der Waals surface area contributed by atoms with Crippen LogP contribution in [0.2, 0.25) is 5.02 Å². The zero-order valence-corrected chi connectivity index (χ0v) is 20.1. The maximum Gasteiger partial charge on any atom is 0.311 e. The van der Waals surface area contributed by atoms with Crippen LogP contribution in [0.1, 0.15) is 59.0 Å². The van der Waals surface area contributed by atoms with Gasteiger partial charge in [0.05, 0.1) is 17.5 Å². The molecular formula is C28H25ClFNO5. The van der Waals surface area contributed by atoms with Gasteiger partial charge in [0.25, 0.3) is 5.91 Å². The summed E-state index contributed by atoms with van der Waals surface area (Å²) in [6.45, 7) is 0.304. The molecule has 1 aliphatic heterocycles. The summed E-state index contributed by atoms with van der Waals surface area (Å²) in [5.74, 6) is -0.501. The Labute approximate surface area is 213 Å². The number of amides is 1. The van der Waals surface area contributed by atoms with Gasteiger partial charge >= 0.3 is 5.97 Å². The highest BCUT2D eigenvalue weighted by Gasteiger charge is 2.29. The molecule has 3 unspecified atom stereocenters. The number of hydrogen-bond donors (Lipinski definition) is 2. The van der Waals surface area contributed by atoms with E-state index in [0.717, 1.165) is 24.8 Å². The van der Waals surface area contributed by atoms with E-state index in [-0.39, 0.29) is 28.7 Å². The number of nitrogens with one attached hydrogen (secondary N) is 1. The molecule has 0 spiro atoms. The van der Waals surface area contributed by atoms with E-state index in [1.807, 2.05) is 6.07 Å². The van der Waals surface area contributed by atoms with Gasteiger partial charge in [-0.05, 0) is 79.6 Å². The molecular weight excluding hydrogens is 485 g/mol. The largest absolute Gasteiger partial charge is 0.493 e. The summed E-state index contributed by atoms with van der Waals surface area (Å²) in [4.78, 5) is 24.3. The number of ether oxygens (including phenoxy) is 2. The average molecular weight is 510 g/mol. The molecule has 0 saturated heterocycles. The van der Waals surface area contributed by atoms with Gasteiger partial charge in [-0.2, -0.15) is 0 Å². The first kappa shape index (κ1) is 24.1. The third-order valence-electron chi connectivity index (χ3n) is 6.83. The first-order chi connectivity index (χ1) is 17.4. The Bertz CT molecular complexity index is 1300. The summed E-state index contributed by atoms with van der Waals surface area (Å²) < 4.78 is 25.1. The second-order valence-corrected chi connectivity index (χ2v) is 9.62. The number of carbonyl (C=O) groups excluding carboxylic acids is 1. The predicted molar refractivity (Wildman–Crippen MR) is 133 cm³/mol. The first-order valence-corrected chi connectivity index (χ1v) is 12.3. The van der Waals surface area contributed by atoms with E-state index in [2.05, 4.69) is 5.32 Å². The van der Waals surface area contributed by atoms with Crippen molar-refractivity contribution in [3.63, 3.8) is 0 Å². The normalized spacial score (nSPS) is 20.8. The molecule has 3 aromatic rings. The molecule has 2 N–H and O–H groups in total. The average Bonchev–Trinajstić information content (AvgIpc) is 3.33. The lowest BCUT2D eigenvalue weighted by atomic mass is 9.93. The Morgan fingerprint density at radius 3 is 2.61 bits per heavy atom. The molecule has 36 heavy (non-hydrogen) atoms. The Balaban J connectivity index is 1.21. The molecule has 1 saturated carbocycles. The van der Waals surface area contributed by atoms with Crippen LogP contribution < -0.4 is 14.8 Å². The number of fused-ring (bicyclic) bond motifs is 1. The summed E-state index contributed by atoms with van der Waals surface area (Å²) in [6.07, 6.45) is 2.90. The molecule has 5 rings (SSSR count). The van der Waals surface area contributed by atoms with E-state index in [1.165, 1.54) is 6.07 Å². The topological polar surface area (TPSA) is 84.9 Å². The molecule has 0 aromatic heterocycles. The minimum atomic E-state index is -0.916. The summed E-state index contributed by atoms with van der Waals surface area (Å²) in [5.41, 5.74) is 2.00. The highest BCUT2D eigenvalue weighted by Crippen LogP contribution is 2.42. The Kier molecular flexibility index (Phi) is 6.83. The van der Waals surface area contributed by atoms with Crippen LogP contribution in [0.3, 0.4) is 0 Å². The number of carboxylic acid groups (broad SMARTS) is 1. The summed E-state index contributed by atoms with van der Waals surface area (Å²) in [5, 5.41) is 12.8. The van der Waals surface area contributed by atoms with Gasteiger partial charge < -0.3 is 19.9 Å². The van der Waals surface area contributed by atoms with Crippen molar-refractivity contribution in [2.45, 2.75) is 43.6 Å². The number of carbonyl (C=O) groups is 2. The molecule has 0 bridgehead atoms. The van der Waals surface area contributed by atoms with E-state index < -0.39 is 11.9 Å². The Morgan fingerprint density at radius 1 is 1.06 bits per heavy atom. The van der Waals surface area contributed by atoms with Crippen LogP contribution >= 0.6 is 11.6 Å². The lowest BCUT2D eigenvalue weighted by molar-refractivity contribution is -0.139. The molecule has 8 heteroatoms. The molecule has 6 nitrogen and oxygen atoms in total. The summed E-state index contributed by atoms with van der Waals surface area (Å²) in [7, 11) is 0. The van der Waals surface area contributed by atoms with Gasteiger partial charge in [0, 0.05) is 23.2 Å². The summed E-state index contributed by atoms with van der Waals surface area (Å²) >= 11 is 6.36. The summed E-state index contributed by atoms with van der Waals surface area (Å²) in [6, 6.07) is 16.6. The Morgan fingerprint density at radius 2 is 1.86 bits per heavy atom. The van der Waals surface area contributed by atoms with Crippen molar-refractivity contribution in [3.05, 3.63) is 88.2 Å². The van der Waals surface area contributed by atoms with Crippen LogP contribution in [0.5, 0.6) is 17.2 Å². The lowest BCUT2D eigenvalue weighted by Crippen LogP contribution is -2.32. The SMILES string of the molecule is O=C(NC1CCC(c2cccc(F)c2)C1)c1ccc(Oc2cc3c(cc2Cl)C(C(=O)O)CCO3)cc1. The zero-order valence-electron chi connectivity index (χ0n) is 19.4. The lowest BCUT2D eigenvalue weighted by Gasteiger charge is -2.24. The molecule has 3 aromatic carbocycles. The molecule has 2 aliphatic rings. The van der Waals surface area contributed by atoms with E-state index in [4.69, 9.17) is 21.1 Å². The fraction of sp³-hybridized carbons (Fsp3) is 0.286. The molecule has 1 fully saturated rings. The van der Waals surface area contributed by atoms with Gasteiger partial charge in [-0.1, -0.05) is 23.7 Å². The van der Waals surface area contributed by atoms with Crippen molar-refractivity contribution in [2.75, 3.05) is 6.61 Å². The van der Waals surface area contributed by atoms with Crippen LogP contribution in [-0.4, -0.2) is 29.6 Å². The first-order valence-electron chi connectivity index (χ1n) is 11.9. The van der Waals surface area contributed by atoms with Gasteiger partial charge in [-0.3, -0.25) is 9.59 Å². The third kappa shape index (κ3) is 5.16. The maximum atomic E-state index is 13.5. The van der Waals surface area contributed by atoms with Crippen LogP contribution in [0.4, 0.5) is 4.39 Å². The smallest absolute Gasteiger partial charge is 0.311 e. The number of halogens is 2. The van der Waals surface area contributed by atoms with Crippen LogP contribution in [0, 0.1) is 5.82 Å². The van der Waals surface area contributed by atoms with Crippen LogP contribution in [0.25, 0.3) is 0 Å². The Hall–Kier alpha value is -3.58. The van der Waals surface area contributed by atoms with E-state index in [9.17, 15) is 19.1 Å². The fourth-order valence-corrected chi connectivity index (χ4v) is 5.18. The molecule has 1 aliphatic carbocycles. The van der Waals surface area contributed by atoms with E-state index in [0.29, 0.717) is 41.4 Å². The monoisotopic (exact) mass is 509 g/mol. The quantitative estimate of drug-likeness (QED) is 0.408. The minimum absolute atomic E-state index is 0.0330. The van der Waals surface area contributed by atoms with E-state index in [1.54, 1.807) is 48.5 Å². The molecule has 3 atom stereocenters. The molecule has 1 heterocycles. The van der Waals surface area contributed by atoms with Gasteiger partial charge in [0.1, 0.15) is 23.1 Å². The van der Waals surface area contributed by atoms with Gasteiger partial charge in [-0.25, -0.2) is 4.39 Å². The van der Waals surface area contributed by atoms with Crippen molar-refractivity contribution in [2.24, 2.45) is 0 Å². The van der Waals surface area contributed by atoms with E-state index >= 15 is 0 Å². The molecule has 1 amide bonds. The number of carboxylic acids is 1. The highest BCUT2D eigenvalue weighted by molar-refractivity contribution is 6.32. The number of rotatable bonds is 6. The van der Waals surface area contributed by atoms with Crippen molar-refractivity contribution in [3.8, 4) is 17.2 Å². The van der Waals surface area contributed by atoms with Crippen molar-refractivity contribution >= 4 is 23.5 Å². The highest BCUT2D eigenvalue weighted by atomic mass is 35.5. The second-order valence-electron chi connectivity index (χ2n) is 9.21. The zero-order chi connectivity index (χ0) is 25.2. The van der Waals surface area contributed by atoms with Crippen LogP contribution in [-0.2, 0) is 4.79 Å². The number of aliphatic carboxylic acids is 1. The maximum absolute atomic E-state index is 13.5. The number of hydrogen-bond acceptors (Lipinski definition) is 4. The van der Waals surface area contributed by atoms with Gasteiger partial charge in [0.2, 0.25) is 0 Å². The third-order valence-corrected chi connectivity index (χ3v) is 7.13. The minimum Gasteiger partial charge on any atom is -0.493 e. The van der Waals surface area contributed by atoms with Crippen molar-refractivity contribution < 1.29 is 28.6 Å². The van der Waals surface area contributed by atoms with Crippen molar-refractivity contribution in [1.82, 2.24) is 5.32 Å². The second kappa shape index (κ2) is 10.2. The number of benzene rings is 3. The predicted octanol–water partition coefficient (Wildman–Crippen LogP) is 6.29. The van der Waals surface area contributed by atoms with Gasteiger partial charge in [-0.15, -0.1) is 0 Å². The fourth-order valence-electron chi connectivity index (χ4n) is 4.97. The van der Waals surface area contributed by atoms with Crippen LogP contribution in [0.15, 0.2) is 60.7 Å².